The van der Waals surface area contributed by atoms with Gasteiger partial charge in [0.1, 0.15) is 0 Å². The van der Waals surface area contributed by atoms with Gasteiger partial charge in [0.2, 0.25) is 5.91 Å². The second-order valence-electron chi connectivity index (χ2n) is 6.76. The summed E-state index contributed by atoms with van der Waals surface area (Å²) < 4.78 is 1.86. The fraction of sp³-hybridized carbons (Fsp3) is 0.733. The van der Waals surface area contributed by atoms with E-state index in [0.29, 0.717) is 12.5 Å². The number of aryl methyl sites for hydroxylation is 1. The molecule has 1 amide bonds. The van der Waals surface area contributed by atoms with Gasteiger partial charge >= 0.3 is 0 Å². The number of aromatic nitrogens is 2. The van der Waals surface area contributed by atoms with E-state index >= 15 is 0 Å². The summed E-state index contributed by atoms with van der Waals surface area (Å²) in [5.41, 5.74) is 1.04. The van der Waals surface area contributed by atoms with Crippen molar-refractivity contribution in [2.24, 2.45) is 7.05 Å². The third-order valence-corrected chi connectivity index (χ3v) is 3.62. The Labute approximate surface area is 121 Å². The largest absolute Gasteiger partial charge is 0.350 e. The van der Waals surface area contributed by atoms with Crippen molar-refractivity contribution in [1.82, 2.24) is 20.0 Å². The highest BCUT2D eigenvalue weighted by atomic mass is 16.2. The number of nitrogens with zero attached hydrogens (tertiary/aromatic N) is 3. The topological polar surface area (TPSA) is 50.2 Å². The van der Waals surface area contributed by atoms with E-state index in [1.54, 1.807) is 0 Å². The second-order valence-corrected chi connectivity index (χ2v) is 6.76. The van der Waals surface area contributed by atoms with Gasteiger partial charge in [-0.25, -0.2) is 0 Å². The van der Waals surface area contributed by atoms with Crippen molar-refractivity contribution in [1.29, 1.82) is 0 Å². The van der Waals surface area contributed by atoms with Crippen LogP contribution in [0.2, 0.25) is 0 Å². The molecular weight excluding hydrogens is 252 g/mol. The Kier molecular flexibility index (Phi) is 4.48. The zero-order valence-corrected chi connectivity index (χ0v) is 13.0. The van der Waals surface area contributed by atoms with Crippen LogP contribution in [0.25, 0.3) is 0 Å². The summed E-state index contributed by atoms with van der Waals surface area (Å²) in [6, 6.07) is 2.10. The van der Waals surface area contributed by atoms with Gasteiger partial charge in [0.25, 0.3) is 0 Å². The van der Waals surface area contributed by atoms with Crippen LogP contribution in [-0.4, -0.2) is 45.8 Å². The van der Waals surface area contributed by atoms with E-state index in [2.05, 4.69) is 21.4 Å². The molecule has 1 aliphatic rings. The third-order valence-electron chi connectivity index (χ3n) is 3.62. The lowest BCUT2D eigenvalue weighted by molar-refractivity contribution is -0.123. The molecule has 1 aromatic rings. The van der Waals surface area contributed by atoms with Crippen molar-refractivity contribution < 1.29 is 4.79 Å². The number of hydrogen-bond acceptors (Lipinski definition) is 3. The minimum absolute atomic E-state index is 0.119. The summed E-state index contributed by atoms with van der Waals surface area (Å²) >= 11 is 0. The van der Waals surface area contributed by atoms with Crippen LogP contribution in [0, 0.1) is 0 Å². The summed E-state index contributed by atoms with van der Waals surface area (Å²) in [6.07, 6.45) is 4.16. The van der Waals surface area contributed by atoms with Crippen LogP contribution in [0.15, 0.2) is 12.3 Å². The summed E-state index contributed by atoms with van der Waals surface area (Å²) in [4.78, 5) is 14.1. The highest BCUT2D eigenvalue weighted by Gasteiger charge is 2.24. The van der Waals surface area contributed by atoms with Crippen molar-refractivity contribution in [3.63, 3.8) is 0 Å². The fourth-order valence-corrected chi connectivity index (χ4v) is 2.70. The lowest BCUT2D eigenvalue weighted by atomic mass is 9.94. The first kappa shape index (κ1) is 15.0. The second kappa shape index (κ2) is 5.95. The number of amides is 1. The molecule has 1 fully saturated rings. The van der Waals surface area contributed by atoms with Gasteiger partial charge in [0.15, 0.2) is 0 Å². The molecule has 1 N–H and O–H groups in total. The Morgan fingerprint density at radius 2 is 2.05 bits per heavy atom. The predicted octanol–water partition coefficient (Wildman–Crippen LogP) is 1.51. The number of nitrogens with one attached hydrogen (secondary N) is 1. The molecule has 0 aliphatic carbocycles. The molecule has 0 aromatic carbocycles. The van der Waals surface area contributed by atoms with Crippen LogP contribution < -0.4 is 5.32 Å². The molecule has 0 bridgehead atoms. The monoisotopic (exact) mass is 278 g/mol. The number of piperidine rings is 1. The van der Waals surface area contributed by atoms with Crippen LogP contribution in [0.1, 0.15) is 45.2 Å². The van der Waals surface area contributed by atoms with Gasteiger partial charge in [0, 0.05) is 24.7 Å². The Bertz CT molecular complexity index is 453. The smallest absolute Gasteiger partial charge is 0.234 e. The molecule has 0 unspecified atom stereocenters. The number of carbonyl (C=O) groups is 1. The molecule has 0 atom stereocenters. The minimum Gasteiger partial charge on any atom is -0.350 e. The van der Waals surface area contributed by atoms with E-state index in [0.717, 1.165) is 25.9 Å². The Hall–Kier alpha value is -1.36. The molecule has 2 rings (SSSR count). The van der Waals surface area contributed by atoms with E-state index < -0.39 is 0 Å². The van der Waals surface area contributed by atoms with Gasteiger partial charge in [-0.2, -0.15) is 5.10 Å². The first-order chi connectivity index (χ1) is 9.33. The Balaban J connectivity index is 1.78. The molecule has 0 radical (unpaired) electrons. The van der Waals surface area contributed by atoms with Gasteiger partial charge in [-0.15, -0.1) is 0 Å². The lowest BCUT2D eigenvalue weighted by Crippen LogP contribution is -2.47. The van der Waals surface area contributed by atoms with Crippen LogP contribution in [0.3, 0.4) is 0 Å². The summed E-state index contributed by atoms with van der Waals surface area (Å²) in [5.74, 6) is 0.659. The first-order valence-electron chi connectivity index (χ1n) is 7.36. The number of rotatable bonds is 3. The molecule has 0 saturated carbocycles. The Morgan fingerprint density at radius 3 is 2.55 bits per heavy atom. The molecule has 2 heterocycles. The maximum Gasteiger partial charge on any atom is 0.234 e. The molecule has 1 saturated heterocycles. The average molecular weight is 278 g/mol. The van der Waals surface area contributed by atoms with Crippen LogP contribution in [0.5, 0.6) is 0 Å². The fourth-order valence-electron chi connectivity index (χ4n) is 2.70. The maximum absolute atomic E-state index is 11.9. The molecule has 1 aliphatic heterocycles. The number of carbonyl (C=O) groups excluding carboxylic acids is 1. The van der Waals surface area contributed by atoms with Crippen LogP contribution in [0.4, 0.5) is 0 Å². The summed E-state index contributed by atoms with van der Waals surface area (Å²) in [6.45, 7) is 8.48. The minimum atomic E-state index is -0.149. The van der Waals surface area contributed by atoms with Gasteiger partial charge < -0.3 is 5.32 Å². The normalized spacial score (nSPS) is 18.2. The number of likely N-dealkylation sites (tertiary alicyclic amines) is 1. The highest BCUT2D eigenvalue weighted by Crippen LogP contribution is 2.26. The standard InChI is InChI=1S/C15H26N4O/c1-15(2,3)16-14(20)11-19-9-5-12(6-10-19)13-7-8-18(4)17-13/h7-8,12H,5-6,9-11H2,1-4H3,(H,16,20). The summed E-state index contributed by atoms with van der Waals surface area (Å²) in [7, 11) is 1.95. The number of hydrogen-bond donors (Lipinski definition) is 1. The van der Waals surface area contributed by atoms with Crippen molar-refractivity contribution in [3.8, 4) is 0 Å². The molecule has 5 heteroatoms. The van der Waals surface area contributed by atoms with E-state index in [-0.39, 0.29) is 11.4 Å². The molecule has 0 spiro atoms. The molecule has 1 aromatic heterocycles. The van der Waals surface area contributed by atoms with Gasteiger partial charge in [-0.05, 0) is 52.8 Å². The molecular formula is C15H26N4O. The van der Waals surface area contributed by atoms with Crippen LogP contribution >= 0.6 is 0 Å². The molecule has 5 nitrogen and oxygen atoms in total. The molecule has 112 valence electrons. The zero-order valence-electron chi connectivity index (χ0n) is 13.0. The van der Waals surface area contributed by atoms with Crippen molar-refractivity contribution in [2.45, 2.75) is 45.1 Å². The van der Waals surface area contributed by atoms with Crippen LogP contribution in [-0.2, 0) is 11.8 Å². The van der Waals surface area contributed by atoms with Crippen molar-refractivity contribution in [3.05, 3.63) is 18.0 Å². The quantitative estimate of drug-likeness (QED) is 0.912. The van der Waals surface area contributed by atoms with Gasteiger partial charge in [0.05, 0.1) is 12.2 Å². The maximum atomic E-state index is 11.9. The Morgan fingerprint density at radius 1 is 1.40 bits per heavy atom. The SMILES string of the molecule is Cn1ccc(C2CCN(CC(=O)NC(C)(C)C)CC2)n1. The van der Waals surface area contributed by atoms with E-state index in [1.807, 2.05) is 38.7 Å². The average Bonchev–Trinajstić information content (AvgIpc) is 2.74. The highest BCUT2D eigenvalue weighted by molar-refractivity contribution is 5.78. The van der Waals surface area contributed by atoms with E-state index in [9.17, 15) is 4.79 Å². The van der Waals surface area contributed by atoms with E-state index in [1.165, 1.54) is 5.69 Å². The van der Waals surface area contributed by atoms with E-state index in [4.69, 9.17) is 0 Å². The van der Waals surface area contributed by atoms with Crippen molar-refractivity contribution >= 4 is 5.91 Å². The first-order valence-corrected chi connectivity index (χ1v) is 7.36. The van der Waals surface area contributed by atoms with Crippen molar-refractivity contribution in [2.75, 3.05) is 19.6 Å². The summed E-state index contributed by atoms with van der Waals surface area (Å²) in [5, 5.41) is 7.50. The van der Waals surface area contributed by atoms with Gasteiger partial charge in [-0.3, -0.25) is 14.4 Å². The lowest BCUT2D eigenvalue weighted by Gasteiger charge is -2.31. The molecule has 20 heavy (non-hydrogen) atoms. The van der Waals surface area contributed by atoms with Gasteiger partial charge in [-0.1, -0.05) is 0 Å². The predicted molar refractivity (Wildman–Crippen MR) is 79.5 cm³/mol. The third kappa shape index (κ3) is 4.34. The zero-order chi connectivity index (χ0) is 14.8.